The first-order valence-corrected chi connectivity index (χ1v) is 10.1. The first kappa shape index (κ1) is 26.1. The van der Waals surface area contributed by atoms with Crippen LogP contribution in [0.15, 0.2) is 30.5 Å². The number of aliphatic hydroxyl groups excluding tert-OH is 1. The van der Waals surface area contributed by atoms with Crippen LogP contribution in [-0.4, -0.2) is 38.1 Å². The third-order valence-corrected chi connectivity index (χ3v) is 5.74. The summed E-state index contributed by atoms with van der Waals surface area (Å²) in [5.41, 5.74) is 2.93. The maximum absolute atomic E-state index is 14.0. The van der Waals surface area contributed by atoms with E-state index in [0.29, 0.717) is 46.4 Å². The van der Waals surface area contributed by atoms with Crippen LogP contribution in [0.25, 0.3) is 22.3 Å². The number of nitrogens with zero attached hydrogens (tertiary/aromatic N) is 2. The van der Waals surface area contributed by atoms with Gasteiger partial charge in [0, 0.05) is 17.8 Å². The Morgan fingerprint density at radius 3 is 2.50 bits per heavy atom. The number of nitrogens with one attached hydrogen (secondary N) is 1. The van der Waals surface area contributed by atoms with E-state index in [1.165, 1.54) is 19.2 Å². The quantitative estimate of drug-likeness (QED) is 0.405. The lowest BCUT2D eigenvalue weighted by molar-refractivity contribution is 0.101. The van der Waals surface area contributed by atoms with Crippen molar-refractivity contribution >= 4 is 58.9 Å². The number of phenolic OH excluding ortho intramolecular Hbond substituents is 1. The number of pyridine rings is 2. The van der Waals surface area contributed by atoms with E-state index in [0.717, 1.165) is 18.9 Å². The monoisotopic (exact) mass is 501 g/mol. The molecule has 1 aliphatic rings. The van der Waals surface area contributed by atoms with Gasteiger partial charge in [-0.05, 0) is 56.9 Å². The van der Waals surface area contributed by atoms with E-state index in [1.54, 1.807) is 12.1 Å². The number of aromatic hydroxyl groups is 1. The average Bonchev–Trinajstić information content (AvgIpc) is 2.73. The highest BCUT2D eigenvalue weighted by Crippen LogP contribution is 2.34. The summed E-state index contributed by atoms with van der Waals surface area (Å²) in [5.74, 6) is -1.59. The fourth-order valence-electron chi connectivity index (χ4n) is 3.78. The van der Waals surface area contributed by atoms with E-state index in [2.05, 4.69) is 15.3 Å². The Balaban J connectivity index is 0.00000181. The molecule has 0 amide bonds. The van der Waals surface area contributed by atoms with Crippen LogP contribution >= 0.6 is 36.4 Å². The number of fused-ring (bicyclic) bond motifs is 1. The van der Waals surface area contributed by atoms with Gasteiger partial charge in [0.05, 0.1) is 33.6 Å². The molecule has 2 heterocycles. The highest BCUT2D eigenvalue weighted by atomic mass is 35.5. The number of carbonyl (C=O) groups excluding carboxylic acids is 1. The minimum Gasteiger partial charge on any atom is -0.504 e. The van der Waals surface area contributed by atoms with Crippen LogP contribution in [0, 0.1) is 5.82 Å². The van der Waals surface area contributed by atoms with Gasteiger partial charge in [-0.25, -0.2) is 9.37 Å². The fourth-order valence-corrected chi connectivity index (χ4v) is 3.99. The zero-order valence-corrected chi connectivity index (χ0v) is 19.5. The van der Waals surface area contributed by atoms with Gasteiger partial charge in [0.15, 0.2) is 17.3 Å². The maximum Gasteiger partial charge on any atom is 0.170 e. The van der Waals surface area contributed by atoms with Crippen molar-refractivity contribution in [2.24, 2.45) is 0 Å². The van der Waals surface area contributed by atoms with E-state index in [9.17, 15) is 19.4 Å². The van der Waals surface area contributed by atoms with Gasteiger partial charge in [0.25, 0.3) is 0 Å². The number of anilines is 1. The molecule has 0 bridgehead atoms. The third kappa shape index (κ3) is 5.23. The molecule has 3 N–H and O–H groups in total. The Kier molecular flexibility index (Phi) is 8.65. The van der Waals surface area contributed by atoms with Crippen LogP contribution in [-0.2, 0) is 0 Å². The molecule has 10 heteroatoms. The molecular formula is C22H23Cl3FN3O3. The molecule has 3 aromatic rings. The molecule has 0 spiro atoms. The average molecular weight is 503 g/mol. The first-order chi connectivity index (χ1) is 14.3. The van der Waals surface area contributed by atoms with Gasteiger partial charge in [0.2, 0.25) is 0 Å². The normalized spacial score (nSPS) is 17.9. The van der Waals surface area contributed by atoms with Gasteiger partial charge in [-0.15, -0.1) is 24.8 Å². The summed E-state index contributed by atoms with van der Waals surface area (Å²) in [4.78, 5) is 21.2. The number of aliphatic hydroxyl groups is 1. The van der Waals surface area contributed by atoms with Gasteiger partial charge in [-0.2, -0.15) is 0 Å². The van der Waals surface area contributed by atoms with Crippen LogP contribution < -0.4 is 5.32 Å². The predicted octanol–water partition coefficient (Wildman–Crippen LogP) is 5.56. The molecule has 0 saturated heterocycles. The van der Waals surface area contributed by atoms with Gasteiger partial charge in [0.1, 0.15) is 5.52 Å². The summed E-state index contributed by atoms with van der Waals surface area (Å²) < 4.78 is 14.0. The Morgan fingerprint density at radius 2 is 1.88 bits per heavy atom. The molecule has 0 atom stereocenters. The summed E-state index contributed by atoms with van der Waals surface area (Å²) in [6, 6.07) is 6.13. The van der Waals surface area contributed by atoms with Gasteiger partial charge in [-0.1, -0.05) is 11.6 Å². The van der Waals surface area contributed by atoms with Crippen LogP contribution in [0.1, 0.15) is 43.0 Å². The second kappa shape index (κ2) is 10.6. The van der Waals surface area contributed by atoms with Crippen molar-refractivity contribution in [3.63, 3.8) is 0 Å². The van der Waals surface area contributed by atoms with Crippen molar-refractivity contribution in [2.75, 3.05) is 5.32 Å². The molecule has 0 radical (unpaired) electrons. The zero-order chi connectivity index (χ0) is 21.4. The molecule has 6 nitrogen and oxygen atoms in total. The fraction of sp³-hybridized carbons (Fsp3) is 0.318. The van der Waals surface area contributed by atoms with E-state index in [4.69, 9.17) is 11.6 Å². The number of hydrogen-bond donors (Lipinski definition) is 3. The Hall–Kier alpha value is -2.19. The first-order valence-electron chi connectivity index (χ1n) is 9.77. The molecule has 0 unspecified atom stereocenters. The van der Waals surface area contributed by atoms with E-state index < -0.39 is 11.6 Å². The Labute approximate surface area is 202 Å². The van der Waals surface area contributed by atoms with Crippen LogP contribution in [0.5, 0.6) is 5.75 Å². The summed E-state index contributed by atoms with van der Waals surface area (Å²) >= 11 is 5.92. The van der Waals surface area contributed by atoms with Gasteiger partial charge >= 0.3 is 0 Å². The number of benzene rings is 1. The summed E-state index contributed by atoms with van der Waals surface area (Å²) in [5, 5.41) is 22.7. The lowest BCUT2D eigenvalue weighted by Gasteiger charge is -2.28. The third-order valence-electron chi connectivity index (χ3n) is 5.45. The highest BCUT2D eigenvalue weighted by Gasteiger charge is 2.23. The molecule has 32 heavy (non-hydrogen) atoms. The number of aromatic nitrogens is 2. The minimum atomic E-state index is -0.839. The van der Waals surface area contributed by atoms with Gasteiger partial charge < -0.3 is 15.5 Å². The minimum absolute atomic E-state index is 0. The Bertz CT molecular complexity index is 1120. The number of rotatable bonds is 4. The lowest BCUT2D eigenvalue weighted by Crippen LogP contribution is -2.29. The second-order valence-corrected chi connectivity index (χ2v) is 8.01. The number of Topliss-reactive ketones (excluding diaryl/α,β-unsaturated/α-hetero) is 1. The summed E-state index contributed by atoms with van der Waals surface area (Å²) in [6.45, 7) is 1.47. The summed E-state index contributed by atoms with van der Waals surface area (Å²) in [6.07, 6.45) is 4.19. The lowest BCUT2D eigenvalue weighted by atomic mass is 9.92. The van der Waals surface area contributed by atoms with Crippen molar-refractivity contribution in [3.8, 4) is 17.0 Å². The smallest absolute Gasteiger partial charge is 0.170 e. The van der Waals surface area contributed by atoms with E-state index >= 15 is 0 Å². The maximum atomic E-state index is 14.0. The van der Waals surface area contributed by atoms with Crippen molar-refractivity contribution < 1.29 is 19.4 Å². The zero-order valence-electron chi connectivity index (χ0n) is 17.1. The number of halogens is 4. The van der Waals surface area contributed by atoms with Crippen molar-refractivity contribution in [1.82, 2.24) is 9.97 Å². The van der Waals surface area contributed by atoms with Crippen molar-refractivity contribution in [2.45, 2.75) is 44.8 Å². The Morgan fingerprint density at radius 1 is 1.19 bits per heavy atom. The molecule has 172 valence electrons. The second-order valence-electron chi connectivity index (χ2n) is 7.61. The largest absolute Gasteiger partial charge is 0.504 e. The SMILES string of the molecule is CC(=O)c1cnc2ccc(-c3cc(F)c(O)c(Cl)c3)nc2c1NC1CCC(O)CC1.Cl.Cl. The molecule has 1 aromatic carbocycles. The number of phenols is 1. The molecular weight excluding hydrogens is 480 g/mol. The van der Waals surface area contributed by atoms with E-state index in [-0.39, 0.29) is 47.8 Å². The molecule has 1 aliphatic carbocycles. The number of hydrogen-bond acceptors (Lipinski definition) is 6. The molecule has 2 aromatic heterocycles. The van der Waals surface area contributed by atoms with Crippen molar-refractivity contribution in [1.29, 1.82) is 0 Å². The number of carbonyl (C=O) groups is 1. The van der Waals surface area contributed by atoms with Crippen molar-refractivity contribution in [3.05, 3.63) is 46.9 Å². The topological polar surface area (TPSA) is 95.3 Å². The van der Waals surface area contributed by atoms with Gasteiger partial charge in [-0.3, -0.25) is 9.78 Å². The molecule has 4 rings (SSSR count). The number of ketones is 1. The highest BCUT2D eigenvalue weighted by molar-refractivity contribution is 6.32. The van der Waals surface area contributed by atoms with E-state index in [1.807, 2.05) is 0 Å². The van der Waals surface area contributed by atoms with Crippen LogP contribution in [0.3, 0.4) is 0 Å². The summed E-state index contributed by atoms with van der Waals surface area (Å²) in [7, 11) is 0. The van der Waals surface area contributed by atoms with Crippen LogP contribution in [0.4, 0.5) is 10.1 Å². The molecule has 1 fully saturated rings. The standard InChI is InChI=1S/C22H21ClFN3O3.2ClH/c1-11(28)15-10-25-19-7-6-18(12-8-16(23)22(30)17(24)9-12)27-21(19)20(15)26-13-2-4-14(29)5-3-13;;/h6-10,13-14,29-30H,2-5H2,1H3,(H,25,26);2*1H. The molecule has 1 saturated carbocycles. The predicted molar refractivity (Wildman–Crippen MR) is 128 cm³/mol. The van der Waals surface area contributed by atoms with Crippen LogP contribution in [0.2, 0.25) is 5.02 Å². The molecule has 0 aliphatic heterocycles.